The Balaban J connectivity index is 1.95. The van der Waals surface area contributed by atoms with Crippen molar-refractivity contribution in [1.29, 1.82) is 5.26 Å². The zero-order valence-electron chi connectivity index (χ0n) is 11.7. The second kappa shape index (κ2) is 6.53. The Hall–Kier alpha value is -1.86. The van der Waals surface area contributed by atoms with Gasteiger partial charge in [-0.1, -0.05) is 19.3 Å². The molecule has 1 aliphatic carbocycles. The van der Waals surface area contributed by atoms with E-state index in [1.165, 1.54) is 19.3 Å². The summed E-state index contributed by atoms with van der Waals surface area (Å²) in [4.78, 5) is 12.2. The van der Waals surface area contributed by atoms with E-state index < -0.39 is 0 Å². The standard InChI is InChI=1S/C16H21N3O/c17-11-13-4-6-14(7-5-13)19-15(20)10-16(12-18)8-2-1-3-9-16/h4-7H,1-3,8-10,12,18H2,(H,19,20). The van der Waals surface area contributed by atoms with Crippen LogP contribution in [0.1, 0.15) is 44.1 Å². The summed E-state index contributed by atoms with van der Waals surface area (Å²) < 4.78 is 0. The summed E-state index contributed by atoms with van der Waals surface area (Å²) in [5.41, 5.74) is 7.21. The van der Waals surface area contributed by atoms with Gasteiger partial charge < -0.3 is 11.1 Å². The average molecular weight is 271 g/mol. The van der Waals surface area contributed by atoms with E-state index in [0.29, 0.717) is 18.5 Å². The molecule has 1 fully saturated rings. The summed E-state index contributed by atoms with van der Waals surface area (Å²) in [6.07, 6.45) is 6.17. The van der Waals surface area contributed by atoms with Crippen molar-refractivity contribution >= 4 is 11.6 Å². The molecule has 0 spiro atoms. The molecule has 0 bridgehead atoms. The normalized spacial score (nSPS) is 17.2. The largest absolute Gasteiger partial charge is 0.330 e. The summed E-state index contributed by atoms with van der Waals surface area (Å²) in [5, 5.41) is 11.6. The molecule has 3 N–H and O–H groups in total. The van der Waals surface area contributed by atoms with Crippen LogP contribution in [0.3, 0.4) is 0 Å². The third-order valence-corrected chi connectivity index (χ3v) is 4.18. The zero-order chi connectivity index (χ0) is 14.4. The van der Waals surface area contributed by atoms with Crippen LogP contribution in [0.5, 0.6) is 0 Å². The Morgan fingerprint density at radius 1 is 1.25 bits per heavy atom. The summed E-state index contributed by atoms with van der Waals surface area (Å²) in [6.45, 7) is 0.577. The van der Waals surface area contributed by atoms with Gasteiger partial charge in [0.05, 0.1) is 11.6 Å². The molecule has 0 radical (unpaired) electrons. The number of rotatable bonds is 4. The van der Waals surface area contributed by atoms with E-state index in [1.54, 1.807) is 24.3 Å². The van der Waals surface area contributed by atoms with Crippen molar-refractivity contribution in [1.82, 2.24) is 0 Å². The molecule has 0 unspecified atom stereocenters. The van der Waals surface area contributed by atoms with Crippen LogP contribution >= 0.6 is 0 Å². The highest BCUT2D eigenvalue weighted by Crippen LogP contribution is 2.38. The van der Waals surface area contributed by atoms with E-state index in [1.807, 2.05) is 0 Å². The molecule has 0 atom stereocenters. The molecule has 0 aromatic heterocycles. The highest BCUT2D eigenvalue weighted by Gasteiger charge is 2.32. The van der Waals surface area contributed by atoms with Crippen LogP contribution in [0.4, 0.5) is 5.69 Å². The van der Waals surface area contributed by atoms with Gasteiger partial charge in [0, 0.05) is 12.1 Å². The number of nitriles is 1. The third-order valence-electron chi connectivity index (χ3n) is 4.18. The molecule has 4 nitrogen and oxygen atoms in total. The molecule has 0 aliphatic heterocycles. The number of nitrogens with one attached hydrogen (secondary N) is 1. The van der Waals surface area contributed by atoms with E-state index in [4.69, 9.17) is 11.0 Å². The van der Waals surface area contributed by atoms with Crippen molar-refractivity contribution in [3.8, 4) is 6.07 Å². The lowest BCUT2D eigenvalue weighted by Gasteiger charge is -2.35. The number of carbonyl (C=O) groups excluding carboxylic acids is 1. The molecule has 1 aliphatic rings. The van der Waals surface area contributed by atoms with Gasteiger partial charge in [0.25, 0.3) is 0 Å². The summed E-state index contributed by atoms with van der Waals surface area (Å²) >= 11 is 0. The predicted octanol–water partition coefficient (Wildman–Crippen LogP) is 2.80. The van der Waals surface area contributed by atoms with Gasteiger partial charge in [-0.3, -0.25) is 4.79 Å². The van der Waals surface area contributed by atoms with Crippen molar-refractivity contribution < 1.29 is 4.79 Å². The first-order valence-electron chi connectivity index (χ1n) is 7.18. The maximum absolute atomic E-state index is 12.2. The molecule has 1 aromatic rings. The zero-order valence-corrected chi connectivity index (χ0v) is 11.7. The Morgan fingerprint density at radius 3 is 2.45 bits per heavy atom. The summed E-state index contributed by atoms with van der Waals surface area (Å²) in [5.74, 6) is 0.0158. The molecule has 0 saturated heterocycles. The van der Waals surface area contributed by atoms with Gasteiger partial charge in [-0.25, -0.2) is 0 Å². The first kappa shape index (κ1) is 14.5. The molecular formula is C16H21N3O. The topological polar surface area (TPSA) is 78.9 Å². The molecule has 4 heteroatoms. The van der Waals surface area contributed by atoms with Crippen LogP contribution in [0.2, 0.25) is 0 Å². The van der Waals surface area contributed by atoms with Crippen molar-refractivity contribution in [3.63, 3.8) is 0 Å². The Morgan fingerprint density at radius 2 is 1.90 bits per heavy atom. The average Bonchev–Trinajstić information content (AvgIpc) is 2.49. The van der Waals surface area contributed by atoms with E-state index in [9.17, 15) is 4.79 Å². The highest BCUT2D eigenvalue weighted by molar-refractivity contribution is 5.91. The van der Waals surface area contributed by atoms with Crippen molar-refractivity contribution in [2.75, 3.05) is 11.9 Å². The molecular weight excluding hydrogens is 250 g/mol. The maximum Gasteiger partial charge on any atom is 0.224 e. The summed E-state index contributed by atoms with van der Waals surface area (Å²) in [7, 11) is 0. The molecule has 1 aromatic carbocycles. The monoisotopic (exact) mass is 271 g/mol. The van der Waals surface area contributed by atoms with Crippen LogP contribution in [0.25, 0.3) is 0 Å². The van der Waals surface area contributed by atoms with Crippen LogP contribution in [-0.4, -0.2) is 12.5 Å². The van der Waals surface area contributed by atoms with E-state index >= 15 is 0 Å². The van der Waals surface area contributed by atoms with Gasteiger partial charge in [-0.2, -0.15) is 5.26 Å². The van der Waals surface area contributed by atoms with Gasteiger partial charge in [0.15, 0.2) is 0 Å². The fourth-order valence-electron chi connectivity index (χ4n) is 2.93. The van der Waals surface area contributed by atoms with Gasteiger partial charge in [0.1, 0.15) is 0 Å². The van der Waals surface area contributed by atoms with Crippen molar-refractivity contribution in [3.05, 3.63) is 29.8 Å². The van der Waals surface area contributed by atoms with Crippen LogP contribution in [0.15, 0.2) is 24.3 Å². The van der Waals surface area contributed by atoms with Crippen LogP contribution in [0, 0.1) is 16.7 Å². The molecule has 0 heterocycles. The predicted molar refractivity (Wildman–Crippen MR) is 79.0 cm³/mol. The fourth-order valence-corrected chi connectivity index (χ4v) is 2.93. The number of nitrogens with two attached hydrogens (primary N) is 1. The van der Waals surface area contributed by atoms with Crippen molar-refractivity contribution in [2.24, 2.45) is 11.1 Å². The van der Waals surface area contributed by atoms with E-state index in [0.717, 1.165) is 18.5 Å². The number of anilines is 1. The Bertz CT molecular complexity index is 495. The SMILES string of the molecule is N#Cc1ccc(NC(=O)CC2(CN)CCCCC2)cc1. The lowest BCUT2D eigenvalue weighted by molar-refractivity contribution is -0.118. The molecule has 2 rings (SSSR count). The van der Waals surface area contributed by atoms with Gasteiger partial charge in [-0.15, -0.1) is 0 Å². The molecule has 106 valence electrons. The lowest BCUT2D eigenvalue weighted by Crippen LogP contribution is -2.36. The number of hydrogen-bond donors (Lipinski definition) is 2. The Kier molecular flexibility index (Phi) is 4.75. The molecule has 1 amide bonds. The molecule has 1 saturated carbocycles. The first-order valence-corrected chi connectivity index (χ1v) is 7.18. The minimum Gasteiger partial charge on any atom is -0.330 e. The fraction of sp³-hybridized carbons (Fsp3) is 0.500. The van der Waals surface area contributed by atoms with Gasteiger partial charge in [0.2, 0.25) is 5.91 Å². The lowest BCUT2D eigenvalue weighted by atomic mass is 9.71. The quantitative estimate of drug-likeness (QED) is 0.883. The van der Waals surface area contributed by atoms with Gasteiger partial charge in [-0.05, 0) is 49.1 Å². The maximum atomic E-state index is 12.2. The molecule has 20 heavy (non-hydrogen) atoms. The van der Waals surface area contributed by atoms with E-state index in [2.05, 4.69) is 11.4 Å². The van der Waals surface area contributed by atoms with Crippen LogP contribution in [-0.2, 0) is 4.79 Å². The number of benzene rings is 1. The third kappa shape index (κ3) is 3.58. The number of hydrogen-bond acceptors (Lipinski definition) is 3. The highest BCUT2D eigenvalue weighted by atomic mass is 16.1. The Labute approximate surface area is 120 Å². The van der Waals surface area contributed by atoms with Crippen LogP contribution < -0.4 is 11.1 Å². The minimum atomic E-state index is -0.0189. The second-order valence-corrected chi connectivity index (χ2v) is 5.68. The number of nitrogens with zero attached hydrogens (tertiary/aromatic N) is 1. The summed E-state index contributed by atoms with van der Waals surface area (Å²) in [6, 6.07) is 8.98. The second-order valence-electron chi connectivity index (χ2n) is 5.68. The minimum absolute atomic E-state index is 0.0158. The van der Waals surface area contributed by atoms with E-state index in [-0.39, 0.29) is 11.3 Å². The number of amides is 1. The smallest absolute Gasteiger partial charge is 0.224 e. The van der Waals surface area contributed by atoms with Crippen molar-refractivity contribution in [2.45, 2.75) is 38.5 Å². The van der Waals surface area contributed by atoms with Gasteiger partial charge >= 0.3 is 0 Å². The number of carbonyl (C=O) groups is 1. The first-order chi connectivity index (χ1) is 9.67.